The highest BCUT2D eigenvalue weighted by Crippen LogP contribution is 2.24. The molecule has 0 atom stereocenters. The van der Waals surface area contributed by atoms with Gasteiger partial charge in [-0.25, -0.2) is 0 Å². The fourth-order valence-electron chi connectivity index (χ4n) is 2.66. The first kappa shape index (κ1) is 19.4. The van der Waals surface area contributed by atoms with E-state index in [-0.39, 0.29) is 0 Å². The van der Waals surface area contributed by atoms with Crippen LogP contribution in [0.5, 0.6) is 0 Å². The monoisotopic (exact) mass is 337 g/mol. The van der Waals surface area contributed by atoms with Crippen molar-refractivity contribution in [1.82, 2.24) is 10.2 Å². The summed E-state index contributed by atoms with van der Waals surface area (Å²) in [6.07, 6.45) is 5.41. The molecule has 0 radical (unpaired) electrons. The van der Waals surface area contributed by atoms with Gasteiger partial charge in [-0.2, -0.15) is 0 Å². The largest absolute Gasteiger partial charge is 0.427 e. The molecule has 6 nitrogen and oxygen atoms in total. The summed E-state index contributed by atoms with van der Waals surface area (Å²) in [6.45, 7) is 11.2. The maximum Gasteiger partial charge on any atom is 0.312 e. The van der Waals surface area contributed by atoms with Crippen LogP contribution in [0.1, 0.15) is 40.5 Å². The molecule has 2 rings (SSSR count). The van der Waals surface area contributed by atoms with Crippen molar-refractivity contribution >= 4 is 13.7 Å². The van der Waals surface area contributed by atoms with Crippen molar-refractivity contribution in [3.05, 3.63) is 11.7 Å². The topological polar surface area (TPSA) is 77.8 Å². The van der Waals surface area contributed by atoms with Gasteiger partial charge >= 0.3 is 7.48 Å². The third-order valence-corrected chi connectivity index (χ3v) is 5.43. The fourth-order valence-corrected chi connectivity index (χ4v) is 2.66. The molecular weight excluding hydrogens is 305 g/mol. The molecule has 0 aliphatic carbocycles. The molecule has 7 heteroatoms. The van der Waals surface area contributed by atoms with Crippen molar-refractivity contribution in [3.63, 3.8) is 0 Å². The summed E-state index contributed by atoms with van der Waals surface area (Å²) in [5.41, 5.74) is -0.834. The summed E-state index contributed by atoms with van der Waals surface area (Å²) in [7, 11) is 0.311. The van der Waals surface area contributed by atoms with E-state index in [0.29, 0.717) is 19.6 Å². The predicted molar refractivity (Wildman–Crippen MR) is 97.8 cm³/mol. The summed E-state index contributed by atoms with van der Waals surface area (Å²) < 4.78 is 11.1. The summed E-state index contributed by atoms with van der Waals surface area (Å²) >= 11 is 0. The van der Waals surface area contributed by atoms with E-state index >= 15 is 0 Å². The maximum absolute atomic E-state index is 10.1. The van der Waals surface area contributed by atoms with Gasteiger partial charge in [-0.15, -0.1) is 0 Å². The number of allylic oxidation sites excluding steroid dienone is 1. The van der Waals surface area contributed by atoms with Crippen LogP contribution in [-0.2, 0) is 9.39 Å². The summed E-state index contributed by atoms with van der Waals surface area (Å²) in [6, 6.07) is 1.07. The number of aliphatic hydroxyl groups is 1. The number of hydrogen-bond acceptors (Lipinski definition) is 6. The molecule has 0 saturated carbocycles. The first-order valence-electron chi connectivity index (χ1n) is 8.86. The molecule has 0 bridgehead atoms. The Kier molecular flexibility index (Phi) is 6.48. The molecule has 0 spiro atoms. The molecule has 0 aromatic rings. The van der Waals surface area contributed by atoms with Crippen LogP contribution in [0.3, 0.4) is 0 Å². The van der Waals surface area contributed by atoms with E-state index in [1.807, 2.05) is 20.0 Å². The highest BCUT2D eigenvalue weighted by atomic mass is 16.5. The minimum atomic E-state index is -0.939. The van der Waals surface area contributed by atoms with Gasteiger partial charge in [-0.1, -0.05) is 0 Å². The molecule has 0 aromatic heterocycles. The Labute approximate surface area is 146 Å². The molecular formula is C17H32BN3O3. The lowest BCUT2D eigenvalue weighted by atomic mass is 9.83. The van der Waals surface area contributed by atoms with E-state index in [1.54, 1.807) is 13.8 Å². The highest BCUT2D eigenvalue weighted by Gasteiger charge is 2.35. The van der Waals surface area contributed by atoms with E-state index in [9.17, 15) is 5.11 Å². The number of piperidine rings is 1. The molecule has 24 heavy (non-hydrogen) atoms. The quantitative estimate of drug-likeness (QED) is 0.452. The number of nitrogens with one attached hydrogen (secondary N) is 2. The number of ether oxygens (including phenoxy) is 1. The van der Waals surface area contributed by atoms with E-state index in [4.69, 9.17) is 14.8 Å². The van der Waals surface area contributed by atoms with Gasteiger partial charge < -0.3 is 25.2 Å². The Morgan fingerprint density at radius 1 is 1.29 bits per heavy atom. The van der Waals surface area contributed by atoms with E-state index in [0.717, 1.165) is 44.6 Å². The van der Waals surface area contributed by atoms with Crippen LogP contribution in [0, 0.1) is 5.41 Å². The molecule has 2 aliphatic heterocycles. The van der Waals surface area contributed by atoms with E-state index < -0.39 is 11.2 Å². The lowest BCUT2D eigenvalue weighted by molar-refractivity contribution is -0.0895. The molecule has 0 unspecified atom stereocenters. The zero-order chi connectivity index (χ0) is 17.8. The predicted octanol–water partition coefficient (Wildman–Crippen LogP) is 0.848. The summed E-state index contributed by atoms with van der Waals surface area (Å²) in [4.78, 5) is 2.51. The van der Waals surface area contributed by atoms with Crippen molar-refractivity contribution in [2.75, 3.05) is 26.3 Å². The van der Waals surface area contributed by atoms with E-state index in [2.05, 4.69) is 10.2 Å². The highest BCUT2D eigenvalue weighted by molar-refractivity contribution is 6.45. The first-order chi connectivity index (χ1) is 11.2. The molecule has 0 aromatic carbocycles. The van der Waals surface area contributed by atoms with Crippen LogP contribution < -0.4 is 5.32 Å². The standard InChI is InChI=1S/C17H32BN3O3/c1-16(2,22)17(3,4)24-18-13(9-19)10-20-14-5-7-21(8-6-14)15-11-23-12-15/h9-10,14-15,18-20,22H,5-8,11-12H2,1-4H3/b13-10+,19-9?. The SMILES string of the molecule is CC(C)(O)C(C)(C)OB/C(C=N)=C/NC1CCN(C2COC2)CC1. The summed E-state index contributed by atoms with van der Waals surface area (Å²) in [5.74, 6) is 0. The number of likely N-dealkylation sites (tertiary alicyclic amines) is 1. The van der Waals surface area contributed by atoms with Gasteiger partial charge in [0, 0.05) is 25.3 Å². The van der Waals surface area contributed by atoms with Crippen LogP contribution in [0.25, 0.3) is 0 Å². The number of nitrogens with zero attached hydrogens (tertiary/aromatic N) is 1. The number of hydrogen-bond donors (Lipinski definition) is 3. The maximum atomic E-state index is 10.1. The third kappa shape index (κ3) is 5.05. The molecule has 2 heterocycles. The average molecular weight is 337 g/mol. The average Bonchev–Trinajstić information content (AvgIpc) is 2.46. The molecule has 136 valence electrons. The Morgan fingerprint density at radius 2 is 1.92 bits per heavy atom. The van der Waals surface area contributed by atoms with Gasteiger partial charge in [-0.05, 0) is 52.2 Å². The van der Waals surface area contributed by atoms with E-state index in [1.165, 1.54) is 6.21 Å². The molecule has 3 N–H and O–H groups in total. The van der Waals surface area contributed by atoms with Gasteiger partial charge in [-0.3, -0.25) is 4.90 Å². The van der Waals surface area contributed by atoms with Crippen LogP contribution >= 0.6 is 0 Å². The normalized spacial score (nSPS) is 22.1. The van der Waals surface area contributed by atoms with Gasteiger partial charge in [0.2, 0.25) is 0 Å². The van der Waals surface area contributed by atoms with Crippen molar-refractivity contribution < 1.29 is 14.5 Å². The van der Waals surface area contributed by atoms with Crippen molar-refractivity contribution in [3.8, 4) is 0 Å². The molecule has 2 fully saturated rings. The molecule has 2 aliphatic rings. The van der Waals surface area contributed by atoms with Crippen molar-refractivity contribution in [1.29, 1.82) is 5.41 Å². The Balaban J connectivity index is 1.76. The molecule has 0 amide bonds. The van der Waals surface area contributed by atoms with Crippen LogP contribution in [0.2, 0.25) is 0 Å². The Hall–Kier alpha value is -0.885. The van der Waals surface area contributed by atoms with Crippen LogP contribution in [-0.4, -0.2) is 73.3 Å². The van der Waals surface area contributed by atoms with Crippen molar-refractivity contribution in [2.45, 2.75) is 63.8 Å². The minimum Gasteiger partial charge on any atom is -0.427 e. The third-order valence-electron chi connectivity index (χ3n) is 5.43. The van der Waals surface area contributed by atoms with Crippen LogP contribution in [0.15, 0.2) is 11.7 Å². The second-order valence-corrected chi connectivity index (χ2v) is 7.89. The first-order valence-corrected chi connectivity index (χ1v) is 8.86. The second kappa shape index (κ2) is 8.00. The fraction of sp³-hybridized carbons (Fsp3) is 0.824. The zero-order valence-corrected chi connectivity index (χ0v) is 15.5. The summed E-state index contributed by atoms with van der Waals surface area (Å²) in [5, 5.41) is 21.1. The van der Waals surface area contributed by atoms with Crippen molar-refractivity contribution in [2.24, 2.45) is 0 Å². The second-order valence-electron chi connectivity index (χ2n) is 7.89. The Morgan fingerprint density at radius 3 is 2.38 bits per heavy atom. The van der Waals surface area contributed by atoms with Gasteiger partial charge in [0.25, 0.3) is 0 Å². The zero-order valence-electron chi connectivity index (χ0n) is 15.5. The van der Waals surface area contributed by atoms with Gasteiger partial charge in [0.1, 0.15) is 0 Å². The Bertz CT molecular complexity index is 450. The lowest BCUT2D eigenvalue weighted by Crippen LogP contribution is -2.53. The molecule has 2 saturated heterocycles. The smallest absolute Gasteiger partial charge is 0.312 e. The lowest BCUT2D eigenvalue weighted by Gasteiger charge is -2.41. The number of rotatable bonds is 8. The minimum absolute atomic E-state index is 0.311. The van der Waals surface area contributed by atoms with Crippen LogP contribution in [0.4, 0.5) is 0 Å². The van der Waals surface area contributed by atoms with Gasteiger partial charge in [0.15, 0.2) is 0 Å². The van der Waals surface area contributed by atoms with Gasteiger partial charge in [0.05, 0.1) is 30.5 Å².